The van der Waals surface area contributed by atoms with Crippen molar-refractivity contribution < 1.29 is 23.5 Å². The summed E-state index contributed by atoms with van der Waals surface area (Å²) in [6, 6.07) is 11.0. The van der Waals surface area contributed by atoms with Gasteiger partial charge >= 0.3 is 0 Å². The molecule has 1 fully saturated rings. The Kier molecular flexibility index (Phi) is 7.72. The lowest BCUT2D eigenvalue weighted by Gasteiger charge is -2.21. The Bertz CT molecular complexity index is 945. The van der Waals surface area contributed by atoms with E-state index < -0.39 is 11.7 Å². The average molecular weight is 443 g/mol. The van der Waals surface area contributed by atoms with Crippen LogP contribution in [-0.2, 0) is 4.79 Å². The number of amides is 2. The number of halogens is 1. The van der Waals surface area contributed by atoms with Gasteiger partial charge in [-0.1, -0.05) is 19.9 Å². The lowest BCUT2D eigenvalue weighted by molar-refractivity contribution is -0.124. The highest BCUT2D eigenvalue weighted by Gasteiger charge is 2.41. The number of ether oxygens (including phenoxy) is 2. The topological polar surface area (TPSA) is 67.9 Å². The first-order valence-electron chi connectivity index (χ1n) is 10.9. The highest BCUT2D eigenvalue weighted by molar-refractivity contribution is 5.95. The van der Waals surface area contributed by atoms with Crippen LogP contribution in [0.5, 0.6) is 11.5 Å². The number of rotatable bonds is 8. The second-order valence-electron chi connectivity index (χ2n) is 8.51. The summed E-state index contributed by atoms with van der Waals surface area (Å²) in [4.78, 5) is 27.9. The zero-order chi connectivity index (χ0) is 23.3. The molecule has 0 unspecified atom stereocenters. The molecule has 2 atom stereocenters. The Balaban J connectivity index is 1.88. The highest BCUT2D eigenvalue weighted by Crippen LogP contribution is 2.39. The molecule has 0 aromatic heterocycles. The molecule has 1 heterocycles. The molecule has 0 radical (unpaired) electrons. The van der Waals surface area contributed by atoms with E-state index >= 15 is 0 Å². The van der Waals surface area contributed by atoms with Gasteiger partial charge in [-0.25, -0.2) is 4.39 Å². The molecule has 6 nitrogen and oxygen atoms in total. The maximum atomic E-state index is 13.3. The second kappa shape index (κ2) is 10.5. The van der Waals surface area contributed by atoms with E-state index in [2.05, 4.69) is 19.2 Å². The summed E-state index contributed by atoms with van der Waals surface area (Å²) in [7, 11) is 3.16. The quantitative estimate of drug-likeness (QED) is 0.674. The van der Waals surface area contributed by atoms with E-state index in [0.717, 1.165) is 12.0 Å². The Hall–Kier alpha value is -3.09. The van der Waals surface area contributed by atoms with Crippen molar-refractivity contribution in [1.82, 2.24) is 10.2 Å². The van der Waals surface area contributed by atoms with Crippen LogP contribution in [0.4, 0.5) is 4.39 Å². The van der Waals surface area contributed by atoms with E-state index in [0.29, 0.717) is 36.1 Å². The SMILES string of the molecule is COc1ccc([C@H]2CN(C(=O)c3ccc(F)cc3)C[C@@H]2C(=O)NCCC(C)C)c(OC)c1. The number of carbonyl (C=O) groups is 2. The van der Waals surface area contributed by atoms with Crippen molar-refractivity contribution in [2.24, 2.45) is 11.8 Å². The van der Waals surface area contributed by atoms with Gasteiger partial charge in [0.1, 0.15) is 17.3 Å². The van der Waals surface area contributed by atoms with Crippen molar-refractivity contribution in [3.8, 4) is 11.5 Å². The van der Waals surface area contributed by atoms with Crippen molar-refractivity contribution in [2.75, 3.05) is 33.9 Å². The molecular weight excluding hydrogens is 411 g/mol. The summed E-state index contributed by atoms with van der Waals surface area (Å²) in [6.45, 7) is 5.45. The molecule has 0 spiro atoms. The summed E-state index contributed by atoms with van der Waals surface area (Å²) < 4.78 is 24.2. The molecule has 0 aliphatic carbocycles. The molecule has 1 saturated heterocycles. The number of nitrogens with one attached hydrogen (secondary N) is 1. The van der Waals surface area contributed by atoms with Crippen LogP contribution in [0.15, 0.2) is 42.5 Å². The van der Waals surface area contributed by atoms with Crippen LogP contribution in [0, 0.1) is 17.7 Å². The fraction of sp³-hybridized carbons (Fsp3) is 0.440. The fourth-order valence-corrected chi connectivity index (χ4v) is 4.07. The fourth-order valence-electron chi connectivity index (χ4n) is 4.07. The van der Waals surface area contributed by atoms with Crippen LogP contribution < -0.4 is 14.8 Å². The van der Waals surface area contributed by atoms with Gasteiger partial charge in [-0.15, -0.1) is 0 Å². The summed E-state index contributed by atoms with van der Waals surface area (Å²) in [5, 5.41) is 3.03. The third-order valence-corrected chi connectivity index (χ3v) is 5.90. The summed E-state index contributed by atoms with van der Waals surface area (Å²) in [5.41, 5.74) is 1.25. The Morgan fingerprint density at radius 2 is 1.81 bits per heavy atom. The molecule has 0 saturated carbocycles. The molecule has 2 amide bonds. The first-order valence-corrected chi connectivity index (χ1v) is 10.9. The molecule has 2 aromatic carbocycles. The third-order valence-electron chi connectivity index (χ3n) is 5.90. The third kappa shape index (κ3) is 5.39. The highest BCUT2D eigenvalue weighted by atomic mass is 19.1. The van der Waals surface area contributed by atoms with Gasteiger partial charge in [0.15, 0.2) is 0 Å². The van der Waals surface area contributed by atoms with Crippen LogP contribution in [0.2, 0.25) is 0 Å². The molecule has 1 N–H and O–H groups in total. The Labute approximate surface area is 188 Å². The van der Waals surface area contributed by atoms with E-state index in [-0.39, 0.29) is 24.3 Å². The Morgan fingerprint density at radius 1 is 1.09 bits per heavy atom. The standard InChI is InChI=1S/C25H31FN2O4/c1-16(2)11-12-27-24(29)22-15-28(25(30)17-5-7-18(26)8-6-17)14-21(22)20-10-9-19(31-3)13-23(20)32-4/h5-10,13,16,21-22H,11-12,14-15H2,1-4H3,(H,27,29)/t21-,22+/m1/s1. The molecule has 1 aliphatic heterocycles. The molecule has 1 aliphatic rings. The van der Waals surface area contributed by atoms with Crippen molar-refractivity contribution in [3.05, 3.63) is 59.4 Å². The zero-order valence-electron chi connectivity index (χ0n) is 19.1. The number of hydrogen-bond acceptors (Lipinski definition) is 4. The minimum Gasteiger partial charge on any atom is -0.497 e. The maximum absolute atomic E-state index is 13.3. The minimum absolute atomic E-state index is 0.0806. The van der Waals surface area contributed by atoms with E-state index in [1.165, 1.54) is 24.3 Å². The van der Waals surface area contributed by atoms with Gasteiger partial charge in [-0.05, 0) is 42.7 Å². The predicted molar refractivity (Wildman–Crippen MR) is 121 cm³/mol. The summed E-state index contributed by atoms with van der Waals surface area (Å²) in [6.07, 6.45) is 0.882. The van der Waals surface area contributed by atoms with Gasteiger partial charge in [0, 0.05) is 42.7 Å². The smallest absolute Gasteiger partial charge is 0.253 e. The van der Waals surface area contributed by atoms with Gasteiger partial charge < -0.3 is 19.7 Å². The molecule has 0 bridgehead atoms. The second-order valence-corrected chi connectivity index (χ2v) is 8.51. The largest absolute Gasteiger partial charge is 0.497 e. The van der Waals surface area contributed by atoms with Crippen molar-refractivity contribution in [2.45, 2.75) is 26.2 Å². The lowest BCUT2D eigenvalue weighted by atomic mass is 9.87. The van der Waals surface area contributed by atoms with Gasteiger partial charge in [0.2, 0.25) is 5.91 Å². The number of carbonyl (C=O) groups excluding carboxylic acids is 2. The zero-order valence-corrected chi connectivity index (χ0v) is 19.1. The van der Waals surface area contributed by atoms with Crippen LogP contribution in [0.25, 0.3) is 0 Å². The molecule has 172 valence electrons. The van der Waals surface area contributed by atoms with E-state index in [9.17, 15) is 14.0 Å². The van der Waals surface area contributed by atoms with Gasteiger partial charge in [-0.2, -0.15) is 0 Å². The first kappa shape index (κ1) is 23.6. The van der Waals surface area contributed by atoms with Gasteiger partial charge in [0.05, 0.1) is 20.1 Å². The number of methoxy groups -OCH3 is 2. The van der Waals surface area contributed by atoms with Gasteiger partial charge in [0.25, 0.3) is 5.91 Å². The van der Waals surface area contributed by atoms with Crippen LogP contribution >= 0.6 is 0 Å². The van der Waals surface area contributed by atoms with Crippen LogP contribution in [-0.4, -0.2) is 50.6 Å². The molecule has 32 heavy (non-hydrogen) atoms. The van der Waals surface area contributed by atoms with E-state index in [1.807, 2.05) is 12.1 Å². The summed E-state index contributed by atoms with van der Waals surface area (Å²) >= 11 is 0. The molecular formula is C25H31FN2O4. The minimum atomic E-state index is -0.422. The predicted octanol–water partition coefficient (Wildman–Crippen LogP) is 3.86. The van der Waals surface area contributed by atoms with Gasteiger partial charge in [-0.3, -0.25) is 9.59 Å². The van der Waals surface area contributed by atoms with Crippen molar-refractivity contribution >= 4 is 11.8 Å². The average Bonchev–Trinajstić information content (AvgIpc) is 3.23. The number of hydrogen-bond donors (Lipinski definition) is 1. The number of benzene rings is 2. The number of nitrogens with zero attached hydrogens (tertiary/aromatic N) is 1. The normalized spacial score (nSPS) is 18.0. The van der Waals surface area contributed by atoms with E-state index in [4.69, 9.17) is 9.47 Å². The summed E-state index contributed by atoms with van der Waals surface area (Å²) in [5.74, 6) is 0.390. The van der Waals surface area contributed by atoms with Crippen LogP contribution in [0.3, 0.4) is 0 Å². The van der Waals surface area contributed by atoms with Crippen molar-refractivity contribution in [1.29, 1.82) is 0 Å². The molecule has 3 rings (SSSR count). The first-order chi connectivity index (χ1) is 15.3. The monoisotopic (exact) mass is 442 g/mol. The van der Waals surface area contributed by atoms with Crippen LogP contribution in [0.1, 0.15) is 42.1 Å². The molecule has 2 aromatic rings. The maximum Gasteiger partial charge on any atom is 0.253 e. The Morgan fingerprint density at radius 3 is 2.44 bits per heavy atom. The molecule has 7 heteroatoms. The van der Waals surface area contributed by atoms with E-state index in [1.54, 1.807) is 25.2 Å². The van der Waals surface area contributed by atoms with Crippen molar-refractivity contribution in [3.63, 3.8) is 0 Å². The number of likely N-dealkylation sites (tertiary alicyclic amines) is 1. The lowest BCUT2D eigenvalue weighted by Crippen LogP contribution is -2.36.